The summed E-state index contributed by atoms with van der Waals surface area (Å²) in [6, 6.07) is 0. The molecule has 0 saturated carbocycles. The highest BCUT2D eigenvalue weighted by Crippen LogP contribution is 2.45. The van der Waals surface area contributed by atoms with Gasteiger partial charge in [0.05, 0.1) is 26.4 Å². The molecule has 0 spiro atoms. The molecule has 0 rings (SSSR count). The first-order chi connectivity index (χ1) is 40.9. The van der Waals surface area contributed by atoms with Crippen molar-refractivity contribution in [1.82, 2.24) is 0 Å². The summed E-state index contributed by atoms with van der Waals surface area (Å²) in [4.78, 5) is 72.1. The third kappa shape index (κ3) is 59.5. The summed E-state index contributed by atoms with van der Waals surface area (Å²) >= 11 is 0. The van der Waals surface area contributed by atoms with Gasteiger partial charge in [-0.05, 0) is 37.5 Å². The van der Waals surface area contributed by atoms with Crippen LogP contribution in [-0.4, -0.2) is 96.7 Å². The number of hydrogen-bond donors (Lipinski definition) is 3. The summed E-state index contributed by atoms with van der Waals surface area (Å²) in [7, 11) is -9.88. The highest BCUT2D eigenvalue weighted by molar-refractivity contribution is 7.47. The topological polar surface area (TPSA) is 237 Å². The molecule has 0 fully saturated rings. The third-order valence-electron chi connectivity index (χ3n) is 15.6. The average Bonchev–Trinajstić information content (AvgIpc) is 3.52. The standard InChI is InChI=1S/C66H128O17P2/c1-7-10-12-14-15-16-17-18-19-20-26-31-37-43-49-64(69)77-55-62(83-65(70)50-44-38-32-27-22-21-25-30-36-41-47-59(6)9-3)57-81-85(74,75)79-53-60(67)52-78-84(72,73)80-56-61(54-76-63(68)48-42-34-13-11-8-2)82-66(71)51-45-39-33-28-23-24-29-35-40-46-58(4)5/h58-62,67H,7-57H2,1-6H3,(H,72,73)(H,74,75)/t59?,60-,61+,62+/m0/s1. The van der Waals surface area contributed by atoms with Crippen LogP contribution in [0, 0.1) is 11.8 Å². The number of ether oxygens (including phenoxy) is 4. The van der Waals surface area contributed by atoms with E-state index in [0.717, 1.165) is 108 Å². The van der Waals surface area contributed by atoms with Crippen molar-refractivity contribution in [3.63, 3.8) is 0 Å². The maximum absolute atomic E-state index is 13.0. The predicted molar refractivity (Wildman–Crippen MR) is 340 cm³/mol. The maximum Gasteiger partial charge on any atom is 0.472 e. The average molecular weight is 1260 g/mol. The Kier molecular flexibility index (Phi) is 57.1. The van der Waals surface area contributed by atoms with E-state index in [1.54, 1.807) is 0 Å². The van der Waals surface area contributed by atoms with Crippen LogP contribution in [0.4, 0.5) is 0 Å². The Morgan fingerprint density at radius 1 is 0.341 bits per heavy atom. The Labute approximate surface area is 517 Å². The summed E-state index contributed by atoms with van der Waals surface area (Å²) in [6.07, 6.45) is 41.9. The lowest BCUT2D eigenvalue weighted by atomic mass is 9.99. The van der Waals surface area contributed by atoms with E-state index in [-0.39, 0.29) is 25.7 Å². The summed E-state index contributed by atoms with van der Waals surface area (Å²) in [5.41, 5.74) is 0. The van der Waals surface area contributed by atoms with Crippen molar-refractivity contribution in [2.75, 3.05) is 39.6 Å². The summed E-state index contributed by atoms with van der Waals surface area (Å²) in [5, 5.41) is 10.5. The SMILES string of the molecule is CCCCCCCCCCCCCCCCC(=O)OC[C@H](COP(=O)(O)OC[C@@H](O)COP(=O)(O)OC[C@@H](COC(=O)CCCCCCC)OC(=O)CCCCCCCCCCCC(C)C)OC(=O)CCCCCCCCCCCCC(C)CC. The van der Waals surface area contributed by atoms with Gasteiger partial charge >= 0.3 is 39.5 Å². The van der Waals surface area contributed by atoms with Gasteiger partial charge in [-0.3, -0.25) is 37.3 Å². The van der Waals surface area contributed by atoms with E-state index in [1.165, 1.54) is 141 Å². The van der Waals surface area contributed by atoms with E-state index >= 15 is 0 Å². The maximum atomic E-state index is 13.0. The number of phosphoric acid groups is 2. The molecule has 3 N–H and O–H groups in total. The molecule has 19 heteroatoms. The van der Waals surface area contributed by atoms with E-state index in [1.807, 2.05) is 0 Å². The second-order valence-electron chi connectivity index (χ2n) is 24.6. The number of aliphatic hydroxyl groups is 1. The Bertz CT molecular complexity index is 1670. The molecule has 0 heterocycles. The normalized spacial score (nSPS) is 14.6. The molecule has 0 saturated heterocycles. The van der Waals surface area contributed by atoms with Gasteiger partial charge in [-0.15, -0.1) is 0 Å². The lowest BCUT2D eigenvalue weighted by Gasteiger charge is -2.21. The van der Waals surface area contributed by atoms with Crippen LogP contribution in [0.5, 0.6) is 0 Å². The largest absolute Gasteiger partial charge is 0.472 e. The predicted octanol–water partition coefficient (Wildman–Crippen LogP) is 18.4. The number of phosphoric ester groups is 2. The van der Waals surface area contributed by atoms with Crippen LogP contribution in [0.15, 0.2) is 0 Å². The molecular formula is C66H128O17P2. The molecule has 6 atom stereocenters. The number of esters is 4. The Morgan fingerprint density at radius 2 is 0.600 bits per heavy atom. The van der Waals surface area contributed by atoms with Crippen LogP contribution in [0.25, 0.3) is 0 Å². The van der Waals surface area contributed by atoms with Crippen LogP contribution >= 0.6 is 15.6 Å². The minimum absolute atomic E-state index is 0.104. The lowest BCUT2D eigenvalue weighted by molar-refractivity contribution is -0.161. The fourth-order valence-corrected chi connectivity index (χ4v) is 11.4. The van der Waals surface area contributed by atoms with Gasteiger partial charge in [-0.2, -0.15) is 0 Å². The minimum atomic E-state index is -4.95. The zero-order valence-electron chi connectivity index (χ0n) is 54.9. The third-order valence-corrected chi connectivity index (χ3v) is 17.5. The summed E-state index contributed by atoms with van der Waals surface area (Å²) in [6.45, 7) is 9.43. The number of unbranched alkanes of at least 4 members (excludes halogenated alkanes) is 34. The second-order valence-corrected chi connectivity index (χ2v) is 27.5. The van der Waals surface area contributed by atoms with Crippen LogP contribution in [0.2, 0.25) is 0 Å². The highest BCUT2D eigenvalue weighted by atomic mass is 31.2. The molecule has 0 aromatic heterocycles. The van der Waals surface area contributed by atoms with Crippen LogP contribution in [0.3, 0.4) is 0 Å². The van der Waals surface area contributed by atoms with Gasteiger partial charge < -0.3 is 33.8 Å². The van der Waals surface area contributed by atoms with Gasteiger partial charge in [0.1, 0.15) is 19.3 Å². The van der Waals surface area contributed by atoms with Crippen molar-refractivity contribution < 1.29 is 80.2 Å². The molecule has 3 unspecified atom stereocenters. The molecule has 0 radical (unpaired) electrons. The van der Waals surface area contributed by atoms with E-state index in [9.17, 15) is 43.2 Å². The fraction of sp³-hybridized carbons (Fsp3) is 0.939. The van der Waals surface area contributed by atoms with Gasteiger partial charge in [0.25, 0.3) is 0 Å². The second kappa shape index (κ2) is 58.4. The molecular weight excluding hydrogens is 1130 g/mol. The zero-order chi connectivity index (χ0) is 62.9. The van der Waals surface area contributed by atoms with Gasteiger partial charge in [0.15, 0.2) is 12.2 Å². The van der Waals surface area contributed by atoms with E-state index in [2.05, 4.69) is 41.5 Å². The number of carbonyl (C=O) groups excluding carboxylic acids is 4. The molecule has 0 aliphatic carbocycles. The Morgan fingerprint density at radius 3 is 0.894 bits per heavy atom. The van der Waals surface area contributed by atoms with Crippen molar-refractivity contribution in [3.05, 3.63) is 0 Å². The molecule has 17 nitrogen and oxygen atoms in total. The van der Waals surface area contributed by atoms with Crippen molar-refractivity contribution in [1.29, 1.82) is 0 Å². The van der Waals surface area contributed by atoms with Gasteiger partial charge in [0.2, 0.25) is 0 Å². The zero-order valence-corrected chi connectivity index (χ0v) is 56.7. The molecule has 0 aromatic rings. The van der Waals surface area contributed by atoms with Gasteiger partial charge in [-0.25, -0.2) is 9.13 Å². The first kappa shape index (κ1) is 83.1. The molecule has 0 aliphatic heterocycles. The van der Waals surface area contributed by atoms with Crippen molar-refractivity contribution >= 4 is 39.5 Å². The van der Waals surface area contributed by atoms with E-state index in [0.29, 0.717) is 25.7 Å². The van der Waals surface area contributed by atoms with Crippen LogP contribution in [-0.2, 0) is 65.4 Å². The fourth-order valence-electron chi connectivity index (χ4n) is 9.85. The molecule has 0 bridgehead atoms. The minimum Gasteiger partial charge on any atom is -0.462 e. The molecule has 504 valence electrons. The summed E-state index contributed by atoms with van der Waals surface area (Å²) in [5.74, 6) is -0.601. The van der Waals surface area contributed by atoms with E-state index < -0.39 is 97.5 Å². The molecule has 0 amide bonds. The van der Waals surface area contributed by atoms with Crippen molar-refractivity contribution in [2.24, 2.45) is 11.8 Å². The first-order valence-corrected chi connectivity index (χ1v) is 37.5. The Balaban J connectivity index is 5.18. The lowest BCUT2D eigenvalue weighted by Crippen LogP contribution is -2.30. The van der Waals surface area contributed by atoms with Gasteiger partial charge in [0, 0.05) is 25.7 Å². The van der Waals surface area contributed by atoms with Crippen LogP contribution < -0.4 is 0 Å². The van der Waals surface area contributed by atoms with Crippen molar-refractivity contribution in [3.8, 4) is 0 Å². The quantitative estimate of drug-likeness (QED) is 0.0222. The first-order valence-electron chi connectivity index (χ1n) is 34.5. The highest BCUT2D eigenvalue weighted by Gasteiger charge is 2.30. The number of aliphatic hydroxyl groups excluding tert-OH is 1. The van der Waals surface area contributed by atoms with Gasteiger partial charge in [-0.1, -0.05) is 279 Å². The summed E-state index contributed by atoms with van der Waals surface area (Å²) < 4.78 is 67.9. The van der Waals surface area contributed by atoms with Crippen LogP contribution in [0.1, 0.15) is 330 Å². The molecule has 85 heavy (non-hydrogen) atoms. The smallest absolute Gasteiger partial charge is 0.462 e. The van der Waals surface area contributed by atoms with E-state index in [4.69, 9.17) is 37.0 Å². The number of carbonyl (C=O) groups is 4. The molecule has 0 aliphatic rings. The number of rotatable bonds is 65. The van der Waals surface area contributed by atoms with Crippen molar-refractivity contribution in [2.45, 2.75) is 349 Å². The number of hydrogen-bond acceptors (Lipinski definition) is 15. The molecule has 0 aromatic carbocycles. The Hall–Kier alpha value is -1.94. The monoisotopic (exact) mass is 1250 g/mol.